The molecule has 0 fully saturated rings. The third-order valence-corrected chi connectivity index (χ3v) is 4.32. The number of hydrogen-bond acceptors (Lipinski definition) is 4. The van der Waals surface area contributed by atoms with Gasteiger partial charge in [0.2, 0.25) is 0 Å². The average Bonchev–Trinajstić information content (AvgIpc) is 2.92. The largest absolute Gasteiger partial charge is 0.463 e. The second-order valence-corrected chi connectivity index (χ2v) is 6.22. The van der Waals surface area contributed by atoms with E-state index in [0.29, 0.717) is 33.5 Å². The van der Waals surface area contributed by atoms with Crippen molar-refractivity contribution >= 4 is 34.4 Å². The molecule has 0 unspecified atom stereocenters. The Morgan fingerprint density at radius 1 is 1.04 bits per heavy atom. The van der Waals surface area contributed by atoms with Gasteiger partial charge in [-0.05, 0) is 49.8 Å². The van der Waals surface area contributed by atoms with Crippen LogP contribution in [0.2, 0.25) is 0 Å². The number of benzene rings is 2. The van der Waals surface area contributed by atoms with Crippen LogP contribution >= 0.6 is 0 Å². The Kier molecular flexibility index (Phi) is 3.77. The summed E-state index contributed by atoms with van der Waals surface area (Å²) in [5.74, 6) is -0.267. The summed E-state index contributed by atoms with van der Waals surface area (Å²) >= 11 is 0. The quantitative estimate of drug-likeness (QED) is 0.662. The second kappa shape index (κ2) is 6.11. The van der Waals surface area contributed by atoms with E-state index in [0.717, 1.165) is 5.56 Å². The Bertz CT molecular complexity index is 1140. The van der Waals surface area contributed by atoms with Crippen LogP contribution in [0.3, 0.4) is 0 Å². The number of para-hydroxylation sites is 1. The normalized spacial score (nSPS) is 15.8. The van der Waals surface area contributed by atoms with Gasteiger partial charge in [-0.3, -0.25) is 9.59 Å². The lowest BCUT2D eigenvalue weighted by atomic mass is 10.1. The first-order chi connectivity index (χ1) is 12.5. The molecular formula is C21H16N2O3. The highest BCUT2D eigenvalue weighted by molar-refractivity contribution is 6.32. The lowest BCUT2D eigenvalue weighted by Gasteiger charge is -2.10. The van der Waals surface area contributed by atoms with Crippen LogP contribution in [0.25, 0.3) is 17.0 Å². The van der Waals surface area contributed by atoms with Crippen molar-refractivity contribution in [2.24, 2.45) is 5.10 Å². The lowest BCUT2D eigenvalue weighted by Crippen LogP contribution is -2.21. The van der Waals surface area contributed by atoms with Crippen molar-refractivity contribution in [1.29, 1.82) is 0 Å². The minimum atomic E-state index is -0.267. The molecule has 0 aliphatic carbocycles. The Labute approximate surface area is 149 Å². The van der Waals surface area contributed by atoms with Gasteiger partial charge in [-0.15, -0.1) is 0 Å². The van der Waals surface area contributed by atoms with Crippen LogP contribution in [0.5, 0.6) is 0 Å². The zero-order valence-corrected chi connectivity index (χ0v) is 14.4. The number of amides is 1. The molecule has 1 amide bonds. The number of aryl methyl sites for hydroxylation is 1. The Morgan fingerprint density at radius 3 is 2.58 bits per heavy atom. The number of carbonyl (C=O) groups excluding carboxylic acids is 1. The molecular weight excluding hydrogens is 328 g/mol. The predicted molar refractivity (Wildman–Crippen MR) is 102 cm³/mol. The first-order valence-corrected chi connectivity index (χ1v) is 8.23. The van der Waals surface area contributed by atoms with Crippen molar-refractivity contribution < 1.29 is 9.21 Å². The molecule has 0 saturated heterocycles. The van der Waals surface area contributed by atoms with Crippen LogP contribution in [-0.2, 0) is 4.79 Å². The van der Waals surface area contributed by atoms with Gasteiger partial charge < -0.3 is 4.42 Å². The smallest absolute Gasteiger partial charge is 0.280 e. The Morgan fingerprint density at radius 2 is 1.81 bits per heavy atom. The van der Waals surface area contributed by atoms with E-state index in [1.807, 2.05) is 49.4 Å². The predicted octanol–water partition coefficient (Wildman–Crippen LogP) is 3.91. The molecule has 5 nitrogen and oxygen atoms in total. The maximum absolute atomic E-state index is 12.8. The average molecular weight is 344 g/mol. The van der Waals surface area contributed by atoms with E-state index in [9.17, 15) is 9.59 Å². The molecule has 0 bridgehead atoms. The van der Waals surface area contributed by atoms with Crippen LogP contribution in [0, 0.1) is 6.92 Å². The van der Waals surface area contributed by atoms with Crippen molar-refractivity contribution in [3.8, 4) is 0 Å². The van der Waals surface area contributed by atoms with Crippen molar-refractivity contribution in [2.45, 2.75) is 13.8 Å². The topological polar surface area (TPSA) is 62.9 Å². The number of fused-ring (bicyclic) bond motifs is 1. The molecule has 3 aromatic rings. The minimum absolute atomic E-state index is 0.169. The summed E-state index contributed by atoms with van der Waals surface area (Å²) in [5, 5.41) is 6.15. The monoisotopic (exact) mass is 344 g/mol. The summed E-state index contributed by atoms with van der Waals surface area (Å²) in [4.78, 5) is 25.5. The van der Waals surface area contributed by atoms with Gasteiger partial charge in [0.15, 0.2) is 5.43 Å². The van der Waals surface area contributed by atoms with Gasteiger partial charge >= 0.3 is 0 Å². The van der Waals surface area contributed by atoms with Crippen molar-refractivity contribution in [3.05, 3.63) is 81.7 Å². The molecule has 0 radical (unpaired) electrons. The Balaban J connectivity index is 1.78. The van der Waals surface area contributed by atoms with Gasteiger partial charge in [-0.1, -0.05) is 24.3 Å². The lowest BCUT2D eigenvalue weighted by molar-refractivity contribution is -0.114. The van der Waals surface area contributed by atoms with E-state index in [2.05, 4.69) is 5.10 Å². The van der Waals surface area contributed by atoms with Gasteiger partial charge in [-0.2, -0.15) is 10.1 Å². The summed E-state index contributed by atoms with van der Waals surface area (Å²) < 4.78 is 5.59. The highest BCUT2D eigenvalue weighted by Gasteiger charge is 2.28. The highest BCUT2D eigenvalue weighted by Crippen LogP contribution is 2.24. The first kappa shape index (κ1) is 16.0. The number of hydrogen-bond donors (Lipinski definition) is 0. The molecule has 2 heterocycles. The summed E-state index contributed by atoms with van der Waals surface area (Å²) in [5.41, 5.74) is 3.33. The molecule has 5 heteroatoms. The van der Waals surface area contributed by atoms with Crippen LogP contribution in [0.4, 0.5) is 5.69 Å². The fraction of sp³-hybridized carbons (Fsp3) is 0.0952. The van der Waals surface area contributed by atoms with E-state index in [-0.39, 0.29) is 11.3 Å². The van der Waals surface area contributed by atoms with Gasteiger partial charge in [-0.25, -0.2) is 0 Å². The summed E-state index contributed by atoms with van der Waals surface area (Å²) in [6, 6.07) is 14.6. The van der Waals surface area contributed by atoms with Crippen molar-refractivity contribution in [3.63, 3.8) is 0 Å². The number of anilines is 1. The molecule has 0 spiro atoms. The van der Waals surface area contributed by atoms with Crippen LogP contribution in [-0.4, -0.2) is 11.6 Å². The fourth-order valence-corrected chi connectivity index (χ4v) is 2.93. The molecule has 1 aliphatic heterocycles. The van der Waals surface area contributed by atoms with Gasteiger partial charge in [0.1, 0.15) is 11.8 Å². The van der Waals surface area contributed by atoms with Crippen molar-refractivity contribution in [2.75, 3.05) is 5.01 Å². The molecule has 0 atom stereocenters. The van der Waals surface area contributed by atoms with Crippen LogP contribution in [0.1, 0.15) is 18.1 Å². The highest BCUT2D eigenvalue weighted by atomic mass is 16.3. The van der Waals surface area contributed by atoms with E-state index in [1.54, 1.807) is 19.1 Å². The summed E-state index contributed by atoms with van der Waals surface area (Å²) in [6.07, 6.45) is 2.94. The minimum Gasteiger partial charge on any atom is -0.463 e. The molecule has 26 heavy (non-hydrogen) atoms. The number of carbonyl (C=O) groups is 1. The number of hydrazone groups is 1. The third-order valence-electron chi connectivity index (χ3n) is 4.32. The second-order valence-electron chi connectivity index (χ2n) is 6.22. The molecule has 2 aromatic carbocycles. The molecule has 4 rings (SSSR count). The van der Waals surface area contributed by atoms with E-state index in [4.69, 9.17) is 4.42 Å². The SMILES string of the molecule is CC1=NN(c2ccccc2)C(=O)/C1=C/c1coc2cc(C)ccc2c1=O. The molecule has 0 N–H and O–H groups in total. The third kappa shape index (κ3) is 2.63. The maximum Gasteiger partial charge on any atom is 0.280 e. The molecule has 0 saturated carbocycles. The molecule has 128 valence electrons. The van der Waals surface area contributed by atoms with Crippen LogP contribution in [0.15, 0.2) is 74.7 Å². The zero-order valence-electron chi connectivity index (χ0n) is 14.4. The molecule has 1 aromatic heterocycles. The maximum atomic E-state index is 12.8. The zero-order chi connectivity index (χ0) is 18.3. The fourth-order valence-electron chi connectivity index (χ4n) is 2.93. The van der Waals surface area contributed by atoms with E-state index >= 15 is 0 Å². The van der Waals surface area contributed by atoms with Gasteiger partial charge in [0, 0.05) is 0 Å². The Hall–Kier alpha value is -3.47. The molecule has 1 aliphatic rings. The summed E-state index contributed by atoms with van der Waals surface area (Å²) in [6.45, 7) is 3.68. The van der Waals surface area contributed by atoms with Gasteiger partial charge in [0.25, 0.3) is 5.91 Å². The number of nitrogens with zero attached hydrogens (tertiary/aromatic N) is 2. The first-order valence-electron chi connectivity index (χ1n) is 8.23. The van der Waals surface area contributed by atoms with E-state index < -0.39 is 0 Å². The van der Waals surface area contributed by atoms with Gasteiger partial charge in [0.05, 0.1) is 27.9 Å². The van der Waals surface area contributed by atoms with E-state index in [1.165, 1.54) is 11.3 Å². The van der Waals surface area contributed by atoms with Crippen LogP contribution < -0.4 is 10.4 Å². The summed E-state index contributed by atoms with van der Waals surface area (Å²) in [7, 11) is 0. The standard InChI is InChI=1S/C21H16N2O3/c1-13-8-9-17-19(10-13)26-12-15(20(17)24)11-18-14(2)22-23(21(18)25)16-6-4-3-5-7-16/h3-12H,1-2H3/b18-11+. The number of rotatable bonds is 2. The van der Waals surface area contributed by atoms with Crippen molar-refractivity contribution in [1.82, 2.24) is 0 Å².